The Kier molecular flexibility index (Phi) is 3.90. The van der Waals surface area contributed by atoms with Gasteiger partial charge in [-0.3, -0.25) is 4.79 Å². The number of anilines is 1. The van der Waals surface area contributed by atoms with Crippen LogP contribution in [0.25, 0.3) is 0 Å². The van der Waals surface area contributed by atoms with Crippen molar-refractivity contribution in [2.24, 2.45) is 0 Å². The molecular weight excluding hydrogens is 240 g/mol. The Labute approximate surface area is 112 Å². The van der Waals surface area contributed by atoms with Gasteiger partial charge in [0.15, 0.2) is 0 Å². The molecule has 2 aromatic rings. The van der Waals surface area contributed by atoms with Crippen molar-refractivity contribution in [2.75, 3.05) is 5.73 Å². The van der Waals surface area contributed by atoms with Gasteiger partial charge in [-0.15, -0.1) is 0 Å². The van der Waals surface area contributed by atoms with Crippen LogP contribution >= 0.6 is 0 Å². The minimum absolute atomic E-state index is 0.00109. The van der Waals surface area contributed by atoms with E-state index in [1.807, 2.05) is 32.0 Å². The molecule has 0 radical (unpaired) electrons. The van der Waals surface area contributed by atoms with E-state index in [9.17, 15) is 4.79 Å². The van der Waals surface area contributed by atoms with E-state index in [0.29, 0.717) is 17.7 Å². The Bertz CT molecular complexity index is 562. The third kappa shape index (κ3) is 3.37. The summed E-state index contributed by atoms with van der Waals surface area (Å²) < 4.78 is 5.25. The topological polar surface area (TPSA) is 68.3 Å². The fourth-order valence-electron chi connectivity index (χ4n) is 1.87. The van der Waals surface area contributed by atoms with Crippen molar-refractivity contribution in [1.29, 1.82) is 0 Å². The highest BCUT2D eigenvalue weighted by molar-refractivity contribution is 5.95. The lowest BCUT2D eigenvalue weighted by Gasteiger charge is -2.13. The summed E-state index contributed by atoms with van der Waals surface area (Å²) in [5, 5.41) is 2.93. The number of rotatable bonds is 4. The zero-order valence-corrected chi connectivity index (χ0v) is 11.1. The summed E-state index contributed by atoms with van der Waals surface area (Å²) in [6, 6.07) is 9.06. The summed E-state index contributed by atoms with van der Waals surface area (Å²) in [4.78, 5) is 12.0. The van der Waals surface area contributed by atoms with E-state index in [-0.39, 0.29) is 11.9 Å². The second-order valence-electron chi connectivity index (χ2n) is 4.73. The molecule has 3 N–H and O–H groups in total. The van der Waals surface area contributed by atoms with Gasteiger partial charge in [0, 0.05) is 23.7 Å². The van der Waals surface area contributed by atoms with Crippen LogP contribution in [0.4, 0.5) is 5.69 Å². The van der Waals surface area contributed by atoms with Crippen LogP contribution in [0.3, 0.4) is 0 Å². The molecule has 0 spiro atoms. The zero-order chi connectivity index (χ0) is 13.8. The number of benzene rings is 1. The molecule has 1 atom stereocenters. The molecule has 4 nitrogen and oxygen atoms in total. The number of nitrogens with two attached hydrogens (primary N) is 1. The van der Waals surface area contributed by atoms with Crippen LogP contribution < -0.4 is 11.1 Å². The predicted molar refractivity (Wildman–Crippen MR) is 74.9 cm³/mol. The van der Waals surface area contributed by atoms with Crippen LogP contribution in [-0.4, -0.2) is 11.9 Å². The molecule has 1 heterocycles. The summed E-state index contributed by atoms with van der Waals surface area (Å²) in [5.74, 6) is 0.738. The number of hydrogen-bond acceptors (Lipinski definition) is 3. The van der Waals surface area contributed by atoms with Gasteiger partial charge in [0.05, 0.1) is 6.26 Å². The molecule has 0 bridgehead atoms. The van der Waals surface area contributed by atoms with Crippen LogP contribution in [-0.2, 0) is 6.42 Å². The molecule has 100 valence electrons. The largest absolute Gasteiger partial charge is 0.469 e. The van der Waals surface area contributed by atoms with Gasteiger partial charge in [-0.05, 0) is 43.7 Å². The van der Waals surface area contributed by atoms with Crippen molar-refractivity contribution in [2.45, 2.75) is 26.3 Å². The summed E-state index contributed by atoms with van der Waals surface area (Å²) in [5.41, 5.74) is 7.99. The Balaban J connectivity index is 1.98. The molecule has 2 rings (SSSR count). The molecule has 0 aliphatic carbocycles. The summed E-state index contributed by atoms with van der Waals surface area (Å²) in [6.07, 6.45) is 2.30. The van der Waals surface area contributed by atoms with Crippen molar-refractivity contribution in [3.05, 3.63) is 53.5 Å². The predicted octanol–water partition coefficient (Wildman–Crippen LogP) is 2.53. The van der Waals surface area contributed by atoms with E-state index in [1.54, 1.807) is 18.4 Å². The van der Waals surface area contributed by atoms with Crippen LogP contribution in [0.1, 0.15) is 28.6 Å². The Morgan fingerprint density at radius 2 is 2.21 bits per heavy atom. The fourth-order valence-corrected chi connectivity index (χ4v) is 1.87. The first-order valence-electron chi connectivity index (χ1n) is 6.25. The number of carbonyl (C=O) groups excluding carboxylic acids is 1. The minimum Gasteiger partial charge on any atom is -0.469 e. The number of aryl methyl sites for hydroxylation is 1. The van der Waals surface area contributed by atoms with Crippen LogP contribution in [0, 0.1) is 6.92 Å². The van der Waals surface area contributed by atoms with Crippen LogP contribution in [0.15, 0.2) is 41.0 Å². The lowest BCUT2D eigenvalue weighted by Crippen LogP contribution is -2.34. The van der Waals surface area contributed by atoms with Crippen molar-refractivity contribution < 1.29 is 9.21 Å². The van der Waals surface area contributed by atoms with Crippen LogP contribution in [0.2, 0.25) is 0 Å². The van der Waals surface area contributed by atoms with Crippen molar-refractivity contribution in [3.8, 4) is 0 Å². The highest BCUT2D eigenvalue weighted by Gasteiger charge is 2.12. The first kappa shape index (κ1) is 13.2. The highest BCUT2D eigenvalue weighted by Crippen LogP contribution is 2.13. The van der Waals surface area contributed by atoms with E-state index in [1.165, 1.54) is 0 Å². The number of nitrogen functional groups attached to an aromatic ring is 1. The maximum absolute atomic E-state index is 12.0. The third-order valence-electron chi connectivity index (χ3n) is 3.01. The molecule has 1 aromatic carbocycles. The molecule has 1 amide bonds. The first-order valence-corrected chi connectivity index (χ1v) is 6.25. The Hall–Kier alpha value is -2.23. The molecule has 4 heteroatoms. The molecule has 0 fully saturated rings. The van der Waals surface area contributed by atoms with E-state index < -0.39 is 0 Å². The maximum Gasteiger partial charge on any atom is 0.251 e. The van der Waals surface area contributed by atoms with Gasteiger partial charge >= 0.3 is 0 Å². The fraction of sp³-hybridized carbons (Fsp3) is 0.267. The number of nitrogens with one attached hydrogen (secondary N) is 1. The SMILES string of the molecule is Cc1ccc(C(=O)NC(C)Cc2ccco2)cc1N. The molecule has 0 aliphatic heterocycles. The summed E-state index contributed by atoms with van der Waals surface area (Å²) in [7, 11) is 0. The summed E-state index contributed by atoms with van der Waals surface area (Å²) in [6.45, 7) is 3.86. The standard InChI is InChI=1S/C15H18N2O2/c1-10-5-6-12(9-14(10)16)15(18)17-11(2)8-13-4-3-7-19-13/h3-7,9,11H,8,16H2,1-2H3,(H,17,18). The molecular formula is C15H18N2O2. The first-order chi connectivity index (χ1) is 9.06. The highest BCUT2D eigenvalue weighted by atomic mass is 16.3. The molecule has 1 unspecified atom stereocenters. The van der Waals surface area contributed by atoms with Crippen molar-refractivity contribution >= 4 is 11.6 Å². The van der Waals surface area contributed by atoms with Gasteiger partial charge in [0.25, 0.3) is 5.91 Å². The molecule has 0 aliphatic rings. The molecule has 19 heavy (non-hydrogen) atoms. The second kappa shape index (κ2) is 5.61. The lowest BCUT2D eigenvalue weighted by molar-refractivity contribution is 0.0939. The van der Waals surface area contributed by atoms with Gasteiger partial charge in [0.1, 0.15) is 5.76 Å². The number of hydrogen-bond donors (Lipinski definition) is 2. The van der Waals surface area contributed by atoms with Gasteiger partial charge in [-0.25, -0.2) is 0 Å². The number of furan rings is 1. The van der Waals surface area contributed by atoms with Gasteiger partial charge in [-0.2, -0.15) is 0 Å². The van der Waals surface area contributed by atoms with Gasteiger partial charge in [-0.1, -0.05) is 6.07 Å². The Morgan fingerprint density at radius 3 is 2.84 bits per heavy atom. The maximum atomic E-state index is 12.0. The van der Waals surface area contributed by atoms with Gasteiger partial charge in [0.2, 0.25) is 0 Å². The summed E-state index contributed by atoms with van der Waals surface area (Å²) >= 11 is 0. The van der Waals surface area contributed by atoms with Crippen molar-refractivity contribution in [1.82, 2.24) is 5.32 Å². The smallest absolute Gasteiger partial charge is 0.251 e. The quantitative estimate of drug-likeness (QED) is 0.828. The average molecular weight is 258 g/mol. The molecule has 1 aromatic heterocycles. The second-order valence-corrected chi connectivity index (χ2v) is 4.73. The van der Waals surface area contributed by atoms with E-state index >= 15 is 0 Å². The molecule has 0 saturated heterocycles. The normalized spacial score (nSPS) is 12.1. The number of carbonyl (C=O) groups is 1. The van der Waals surface area contributed by atoms with Crippen molar-refractivity contribution in [3.63, 3.8) is 0 Å². The van der Waals surface area contributed by atoms with Gasteiger partial charge < -0.3 is 15.5 Å². The van der Waals surface area contributed by atoms with E-state index in [0.717, 1.165) is 11.3 Å². The Morgan fingerprint density at radius 1 is 1.42 bits per heavy atom. The third-order valence-corrected chi connectivity index (χ3v) is 3.01. The lowest BCUT2D eigenvalue weighted by atomic mass is 10.1. The van der Waals surface area contributed by atoms with E-state index in [2.05, 4.69) is 5.32 Å². The number of amides is 1. The average Bonchev–Trinajstić information content (AvgIpc) is 2.85. The monoisotopic (exact) mass is 258 g/mol. The van der Waals surface area contributed by atoms with Crippen LogP contribution in [0.5, 0.6) is 0 Å². The van der Waals surface area contributed by atoms with E-state index in [4.69, 9.17) is 10.2 Å². The molecule has 0 saturated carbocycles. The zero-order valence-electron chi connectivity index (χ0n) is 11.1. The minimum atomic E-state index is -0.120.